The van der Waals surface area contributed by atoms with Crippen LogP contribution in [0.15, 0.2) is 46.1 Å². The molecule has 0 spiro atoms. The molecule has 0 saturated carbocycles. The van der Waals surface area contributed by atoms with Crippen molar-refractivity contribution < 1.29 is 19.1 Å². The van der Waals surface area contributed by atoms with Crippen LogP contribution in [0.25, 0.3) is 0 Å². The highest BCUT2D eigenvalue weighted by atomic mass is 16.6. The molecular weight excluding hydrogens is 466 g/mol. The number of rotatable bonds is 9. The molecule has 3 amide bonds. The maximum atomic E-state index is 13.4. The van der Waals surface area contributed by atoms with E-state index in [1.54, 1.807) is 34.6 Å². The minimum absolute atomic E-state index is 0.118. The summed E-state index contributed by atoms with van der Waals surface area (Å²) in [5.74, 6) is -0.929. The van der Waals surface area contributed by atoms with Crippen molar-refractivity contribution in [3.8, 4) is 0 Å². The highest BCUT2D eigenvalue weighted by molar-refractivity contribution is 5.90. The number of nitrogens with one attached hydrogen (secondary N) is 3. The highest BCUT2D eigenvalue weighted by Crippen LogP contribution is 2.19. The lowest BCUT2D eigenvalue weighted by Gasteiger charge is -2.37. The molecule has 0 fully saturated rings. The zero-order valence-electron chi connectivity index (χ0n) is 21.6. The molecule has 1 aromatic heterocycles. The predicted molar refractivity (Wildman–Crippen MR) is 134 cm³/mol. The van der Waals surface area contributed by atoms with Crippen LogP contribution in [-0.4, -0.2) is 56.6 Å². The summed E-state index contributed by atoms with van der Waals surface area (Å²) in [5.41, 5.74) is -2.10. The summed E-state index contributed by atoms with van der Waals surface area (Å²) in [4.78, 5) is 65.8. The molecule has 2 rings (SSSR count). The molecule has 1 aromatic carbocycles. The molecule has 0 saturated heterocycles. The number of amides is 3. The standard InChI is InChI=1S/C25H35N5O6/c1-17-14-29(22(34)28-20(17)32)16-19(31)30(15-18-10-8-7-9-11-18)25(5,6)21(33)26-12-13-27-23(35)36-24(2,3)4/h7-11,14H,12-13,15-16H2,1-6H3,(H,26,33)(H,27,35)(H,28,32,34). The van der Waals surface area contributed by atoms with Crippen LogP contribution < -0.4 is 21.9 Å². The van der Waals surface area contributed by atoms with Crippen molar-refractivity contribution in [3.63, 3.8) is 0 Å². The molecule has 11 heteroatoms. The van der Waals surface area contributed by atoms with Gasteiger partial charge in [0.25, 0.3) is 5.56 Å². The number of carbonyl (C=O) groups is 3. The molecule has 0 aliphatic heterocycles. The Morgan fingerprint density at radius 2 is 1.61 bits per heavy atom. The molecular formula is C25H35N5O6. The van der Waals surface area contributed by atoms with Crippen LogP contribution >= 0.6 is 0 Å². The summed E-state index contributed by atoms with van der Waals surface area (Å²) >= 11 is 0. The monoisotopic (exact) mass is 501 g/mol. The van der Waals surface area contributed by atoms with Gasteiger partial charge >= 0.3 is 11.8 Å². The Balaban J connectivity index is 2.17. The first-order valence-electron chi connectivity index (χ1n) is 11.6. The maximum absolute atomic E-state index is 13.4. The van der Waals surface area contributed by atoms with Crippen molar-refractivity contribution in [1.82, 2.24) is 25.1 Å². The third-order valence-corrected chi connectivity index (χ3v) is 5.29. The zero-order valence-corrected chi connectivity index (χ0v) is 21.6. The zero-order chi connectivity index (χ0) is 27.1. The third-order valence-electron chi connectivity index (χ3n) is 5.29. The number of aromatic nitrogens is 2. The van der Waals surface area contributed by atoms with Gasteiger partial charge in [0.2, 0.25) is 11.8 Å². The van der Waals surface area contributed by atoms with Crippen LogP contribution in [0.5, 0.6) is 0 Å². The summed E-state index contributed by atoms with van der Waals surface area (Å²) in [6.45, 7) is 9.99. The first-order chi connectivity index (χ1) is 16.7. The number of ether oxygens (including phenoxy) is 1. The number of hydrogen-bond donors (Lipinski definition) is 3. The second-order valence-corrected chi connectivity index (χ2v) is 9.91. The number of alkyl carbamates (subject to hydrolysis) is 1. The van der Waals surface area contributed by atoms with Crippen LogP contribution in [0.3, 0.4) is 0 Å². The number of aryl methyl sites for hydroxylation is 1. The van der Waals surface area contributed by atoms with Crippen molar-refractivity contribution in [1.29, 1.82) is 0 Å². The van der Waals surface area contributed by atoms with E-state index in [-0.39, 0.29) is 31.7 Å². The van der Waals surface area contributed by atoms with E-state index in [1.165, 1.54) is 18.0 Å². The minimum Gasteiger partial charge on any atom is -0.444 e. The molecule has 0 radical (unpaired) electrons. The predicted octanol–water partition coefficient (Wildman–Crippen LogP) is 1.29. The number of hydrogen-bond acceptors (Lipinski definition) is 6. The number of nitrogens with zero attached hydrogens (tertiary/aromatic N) is 2. The Morgan fingerprint density at radius 3 is 2.22 bits per heavy atom. The van der Waals surface area contributed by atoms with E-state index in [1.807, 2.05) is 30.3 Å². The average molecular weight is 502 g/mol. The summed E-state index contributed by atoms with van der Waals surface area (Å²) in [5, 5.41) is 5.30. The number of aromatic amines is 1. The molecule has 0 unspecified atom stereocenters. The third kappa shape index (κ3) is 8.10. The summed E-state index contributed by atoms with van der Waals surface area (Å²) in [6.07, 6.45) is 0.716. The lowest BCUT2D eigenvalue weighted by atomic mass is 9.99. The van der Waals surface area contributed by atoms with Gasteiger partial charge in [-0.3, -0.25) is 23.9 Å². The van der Waals surface area contributed by atoms with E-state index in [9.17, 15) is 24.0 Å². The molecule has 0 atom stereocenters. The molecule has 36 heavy (non-hydrogen) atoms. The van der Waals surface area contributed by atoms with Gasteiger partial charge in [0.1, 0.15) is 17.7 Å². The van der Waals surface area contributed by atoms with Crippen LogP contribution in [-0.2, 0) is 27.4 Å². The first-order valence-corrected chi connectivity index (χ1v) is 11.6. The summed E-state index contributed by atoms with van der Waals surface area (Å²) in [7, 11) is 0. The highest BCUT2D eigenvalue weighted by Gasteiger charge is 2.37. The Kier molecular flexibility index (Phi) is 9.21. The van der Waals surface area contributed by atoms with Crippen LogP contribution in [0, 0.1) is 6.92 Å². The Hall–Kier alpha value is -3.89. The molecule has 11 nitrogen and oxygen atoms in total. The normalized spacial score (nSPS) is 11.5. The van der Waals surface area contributed by atoms with E-state index >= 15 is 0 Å². The van der Waals surface area contributed by atoms with Crippen molar-refractivity contribution in [2.75, 3.05) is 13.1 Å². The molecule has 0 aliphatic carbocycles. The van der Waals surface area contributed by atoms with Gasteiger partial charge in [0, 0.05) is 31.4 Å². The lowest BCUT2D eigenvalue weighted by molar-refractivity contribution is -0.147. The molecule has 3 N–H and O–H groups in total. The van der Waals surface area contributed by atoms with E-state index in [4.69, 9.17) is 4.74 Å². The fourth-order valence-corrected chi connectivity index (χ4v) is 3.32. The van der Waals surface area contributed by atoms with Gasteiger partial charge in [0.05, 0.1) is 0 Å². The molecule has 196 valence electrons. The molecule has 1 heterocycles. The molecule has 0 aliphatic rings. The van der Waals surface area contributed by atoms with Gasteiger partial charge in [0.15, 0.2) is 0 Å². The van der Waals surface area contributed by atoms with E-state index in [0.717, 1.165) is 10.1 Å². The summed E-state index contributed by atoms with van der Waals surface area (Å²) < 4.78 is 6.27. The topological polar surface area (TPSA) is 143 Å². The second-order valence-electron chi connectivity index (χ2n) is 9.91. The van der Waals surface area contributed by atoms with Crippen LogP contribution in [0.4, 0.5) is 4.79 Å². The maximum Gasteiger partial charge on any atom is 0.407 e. The first kappa shape index (κ1) is 28.3. The van der Waals surface area contributed by atoms with Crippen molar-refractivity contribution in [2.45, 2.75) is 65.8 Å². The second kappa shape index (κ2) is 11.7. The van der Waals surface area contributed by atoms with Gasteiger partial charge < -0.3 is 20.3 Å². The quantitative estimate of drug-likeness (QED) is 0.442. The van der Waals surface area contributed by atoms with Crippen LogP contribution in [0.2, 0.25) is 0 Å². The van der Waals surface area contributed by atoms with Crippen molar-refractivity contribution in [3.05, 3.63) is 68.5 Å². The molecule has 2 aromatic rings. The van der Waals surface area contributed by atoms with Gasteiger partial charge in [-0.25, -0.2) is 9.59 Å². The number of carbonyl (C=O) groups excluding carboxylic acids is 3. The van der Waals surface area contributed by atoms with Gasteiger partial charge in [-0.1, -0.05) is 30.3 Å². The van der Waals surface area contributed by atoms with E-state index in [2.05, 4.69) is 15.6 Å². The lowest BCUT2D eigenvalue weighted by Crippen LogP contribution is -2.58. The number of H-pyrrole nitrogens is 1. The molecule has 0 bridgehead atoms. The smallest absolute Gasteiger partial charge is 0.407 e. The van der Waals surface area contributed by atoms with Gasteiger partial charge in [-0.05, 0) is 47.1 Å². The fraction of sp³-hybridized carbons (Fsp3) is 0.480. The largest absolute Gasteiger partial charge is 0.444 e. The van der Waals surface area contributed by atoms with Gasteiger partial charge in [-0.2, -0.15) is 0 Å². The van der Waals surface area contributed by atoms with Crippen molar-refractivity contribution in [2.24, 2.45) is 0 Å². The SMILES string of the molecule is Cc1cn(CC(=O)N(Cc2ccccc2)C(C)(C)C(=O)NCCNC(=O)OC(C)(C)C)c(=O)[nH]c1=O. The van der Waals surface area contributed by atoms with Crippen molar-refractivity contribution >= 4 is 17.9 Å². The van der Waals surface area contributed by atoms with E-state index < -0.39 is 40.3 Å². The van der Waals surface area contributed by atoms with Gasteiger partial charge in [-0.15, -0.1) is 0 Å². The Labute approximate surface area is 209 Å². The van der Waals surface area contributed by atoms with E-state index in [0.29, 0.717) is 0 Å². The average Bonchev–Trinajstić information content (AvgIpc) is 2.77. The summed E-state index contributed by atoms with van der Waals surface area (Å²) in [6, 6.07) is 9.14. The van der Waals surface area contributed by atoms with Crippen LogP contribution in [0.1, 0.15) is 45.7 Å². The minimum atomic E-state index is -1.31. The Morgan fingerprint density at radius 1 is 1.00 bits per heavy atom. The fourth-order valence-electron chi connectivity index (χ4n) is 3.32. The number of benzene rings is 1. The Bertz CT molecular complexity index is 1190.